The third-order valence-corrected chi connectivity index (χ3v) is 2.89. The Morgan fingerprint density at radius 1 is 1.33 bits per heavy atom. The standard InChI is InChI=1S/C14H14N4O3/c1-15-14(19)12-8-11(6-7-16-12)17-9-10-4-2-3-5-13(10)18(20)21/h2-8H,9H2,1H3,(H,15,19)(H,16,17). The van der Waals surface area contributed by atoms with Crippen LogP contribution in [0.4, 0.5) is 11.4 Å². The van der Waals surface area contributed by atoms with E-state index < -0.39 is 4.92 Å². The number of carbonyl (C=O) groups is 1. The van der Waals surface area contributed by atoms with Crippen LogP contribution in [0.5, 0.6) is 0 Å². The van der Waals surface area contributed by atoms with Gasteiger partial charge < -0.3 is 10.6 Å². The molecule has 2 rings (SSSR count). The van der Waals surface area contributed by atoms with Gasteiger partial charge >= 0.3 is 0 Å². The van der Waals surface area contributed by atoms with Gasteiger partial charge in [-0.3, -0.25) is 19.9 Å². The molecule has 2 N–H and O–H groups in total. The van der Waals surface area contributed by atoms with Crippen LogP contribution in [0.25, 0.3) is 0 Å². The fraction of sp³-hybridized carbons (Fsp3) is 0.143. The highest BCUT2D eigenvalue weighted by Gasteiger charge is 2.12. The lowest BCUT2D eigenvalue weighted by molar-refractivity contribution is -0.385. The van der Waals surface area contributed by atoms with E-state index in [2.05, 4.69) is 15.6 Å². The van der Waals surface area contributed by atoms with Gasteiger partial charge in [0.25, 0.3) is 11.6 Å². The van der Waals surface area contributed by atoms with E-state index in [0.29, 0.717) is 11.3 Å². The summed E-state index contributed by atoms with van der Waals surface area (Å²) in [6, 6.07) is 9.80. The molecule has 108 valence electrons. The van der Waals surface area contributed by atoms with Crippen LogP contribution in [0.15, 0.2) is 42.6 Å². The molecule has 0 saturated heterocycles. The Bertz CT molecular complexity index is 673. The van der Waals surface area contributed by atoms with Crippen LogP contribution in [0.1, 0.15) is 16.1 Å². The summed E-state index contributed by atoms with van der Waals surface area (Å²) in [6.45, 7) is 0.286. The molecule has 0 spiro atoms. The number of carbonyl (C=O) groups excluding carboxylic acids is 1. The Kier molecular flexibility index (Phi) is 4.45. The minimum absolute atomic E-state index is 0.0607. The van der Waals surface area contributed by atoms with Crippen molar-refractivity contribution in [1.82, 2.24) is 10.3 Å². The molecule has 0 unspecified atom stereocenters. The van der Waals surface area contributed by atoms with Crippen molar-refractivity contribution < 1.29 is 9.72 Å². The summed E-state index contributed by atoms with van der Waals surface area (Å²) < 4.78 is 0. The summed E-state index contributed by atoms with van der Waals surface area (Å²) in [5, 5.41) is 16.5. The fourth-order valence-corrected chi connectivity index (χ4v) is 1.83. The summed E-state index contributed by atoms with van der Waals surface area (Å²) in [7, 11) is 1.53. The van der Waals surface area contributed by atoms with Gasteiger partial charge in [0.05, 0.1) is 4.92 Å². The predicted octanol–water partition coefficient (Wildman–Crippen LogP) is 1.96. The second kappa shape index (κ2) is 6.47. The summed E-state index contributed by atoms with van der Waals surface area (Å²) in [5.41, 5.74) is 1.58. The minimum Gasteiger partial charge on any atom is -0.381 e. The normalized spacial score (nSPS) is 9.95. The first-order chi connectivity index (χ1) is 10.1. The number of rotatable bonds is 5. The lowest BCUT2D eigenvalue weighted by Crippen LogP contribution is -2.19. The van der Waals surface area contributed by atoms with Crippen molar-refractivity contribution in [3.05, 3.63) is 64.0 Å². The molecule has 0 atom stereocenters. The van der Waals surface area contributed by atoms with Crippen LogP contribution in [0, 0.1) is 10.1 Å². The number of anilines is 1. The maximum Gasteiger partial charge on any atom is 0.274 e. The zero-order valence-corrected chi connectivity index (χ0v) is 11.4. The molecule has 0 aliphatic carbocycles. The average Bonchev–Trinajstić information content (AvgIpc) is 2.52. The highest BCUT2D eigenvalue weighted by atomic mass is 16.6. The summed E-state index contributed by atoms with van der Waals surface area (Å²) in [6.07, 6.45) is 1.51. The molecule has 0 radical (unpaired) electrons. The molecular formula is C14H14N4O3. The van der Waals surface area contributed by atoms with Crippen molar-refractivity contribution in [2.45, 2.75) is 6.54 Å². The minimum atomic E-state index is -0.417. The van der Waals surface area contributed by atoms with E-state index in [0.717, 1.165) is 0 Å². The number of nitro benzene ring substituents is 1. The molecule has 0 bridgehead atoms. The quantitative estimate of drug-likeness (QED) is 0.647. The maximum absolute atomic E-state index is 11.5. The number of nitro groups is 1. The number of nitrogens with one attached hydrogen (secondary N) is 2. The molecule has 0 aliphatic heterocycles. The van der Waals surface area contributed by atoms with Gasteiger partial charge in [0.1, 0.15) is 5.69 Å². The average molecular weight is 286 g/mol. The van der Waals surface area contributed by atoms with E-state index in [1.807, 2.05) is 0 Å². The first kappa shape index (κ1) is 14.4. The van der Waals surface area contributed by atoms with Gasteiger partial charge in [-0.15, -0.1) is 0 Å². The number of benzene rings is 1. The van der Waals surface area contributed by atoms with Crippen LogP contribution in [-0.4, -0.2) is 22.9 Å². The molecule has 1 aromatic heterocycles. The number of hydrogen-bond donors (Lipinski definition) is 2. The topological polar surface area (TPSA) is 97.2 Å². The SMILES string of the molecule is CNC(=O)c1cc(NCc2ccccc2[N+](=O)[O-])ccn1. The smallest absolute Gasteiger partial charge is 0.274 e. The van der Waals surface area contributed by atoms with Crippen molar-refractivity contribution in [2.75, 3.05) is 12.4 Å². The first-order valence-electron chi connectivity index (χ1n) is 6.26. The van der Waals surface area contributed by atoms with Crippen LogP contribution >= 0.6 is 0 Å². The van der Waals surface area contributed by atoms with Gasteiger partial charge in [-0.2, -0.15) is 0 Å². The number of amides is 1. The van der Waals surface area contributed by atoms with Gasteiger partial charge in [0.2, 0.25) is 0 Å². The van der Waals surface area contributed by atoms with E-state index in [4.69, 9.17) is 0 Å². The Morgan fingerprint density at radius 3 is 2.81 bits per heavy atom. The molecule has 7 nitrogen and oxygen atoms in total. The molecule has 2 aromatic rings. The molecule has 21 heavy (non-hydrogen) atoms. The lowest BCUT2D eigenvalue weighted by Gasteiger charge is -2.08. The van der Waals surface area contributed by atoms with Gasteiger partial charge in [0.15, 0.2) is 0 Å². The highest BCUT2D eigenvalue weighted by molar-refractivity contribution is 5.92. The van der Waals surface area contributed by atoms with E-state index in [1.54, 1.807) is 30.3 Å². The lowest BCUT2D eigenvalue weighted by atomic mass is 10.2. The van der Waals surface area contributed by atoms with E-state index in [-0.39, 0.29) is 23.8 Å². The Morgan fingerprint density at radius 2 is 2.10 bits per heavy atom. The zero-order valence-electron chi connectivity index (χ0n) is 11.4. The second-order valence-corrected chi connectivity index (χ2v) is 4.25. The third-order valence-electron chi connectivity index (χ3n) is 2.89. The van der Waals surface area contributed by atoms with Gasteiger partial charge in [0, 0.05) is 37.1 Å². The van der Waals surface area contributed by atoms with Crippen LogP contribution < -0.4 is 10.6 Å². The Labute approximate surface area is 121 Å². The molecule has 0 fully saturated rings. The number of hydrogen-bond acceptors (Lipinski definition) is 5. The maximum atomic E-state index is 11.5. The molecule has 1 heterocycles. The monoisotopic (exact) mass is 286 g/mol. The summed E-state index contributed by atoms with van der Waals surface area (Å²) in [5.74, 6) is -0.288. The summed E-state index contributed by atoms with van der Waals surface area (Å²) >= 11 is 0. The largest absolute Gasteiger partial charge is 0.381 e. The zero-order chi connectivity index (χ0) is 15.2. The van der Waals surface area contributed by atoms with Crippen molar-refractivity contribution in [1.29, 1.82) is 0 Å². The van der Waals surface area contributed by atoms with Gasteiger partial charge in [-0.05, 0) is 12.1 Å². The van der Waals surface area contributed by atoms with E-state index in [9.17, 15) is 14.9 Å². The third kappa shape index (κ3) is 3.53. The number of para-hydroxylation sites is 1. The van der Waals surface area contributed by atoms with Crippen LogP contribution in [-0.2, 0) is 6.54 Å². The highest BCUT2D eigenvalue weighted by Crippen LogP contribution is 2.19. The summed E-state index contributed by atoms with van der Waals surface area (Å²) in [4.78, 5) is 26.0. The van der Waals surface area contributed by atoms with Crippen molar-refractivity contribution in [2.24, 2.45) is 0 Å². The molecule has 1 amide bonds. The Balaban J connectivity index is 2.14. The predicted molar refractivity (Wildman–Crippen MR) is 78.1 cm³/mol. The van der Waals surface area contributed by atoms with E-state index in [1.165, 1.54) is 19.3 Å². The Hall–Kier alpha value is -2.96. The second-order valence-electron chi connectivity index (χ2n) is 4.25. The van der Waals surface area contributed by atoms with Crippen molar-refractivity contribution in [3.8, 4) is 0 Å². The number of pyridine rings is 1. The molecular weight excluding hydrogens is 272 g/mol. The number of aromatic nitrogens is 1. The van der Waals surface area contributed by atoms with Crippen LogP contribution in [0.2, 0.25) is 0 Å². The van der Waals surface area contributed by atoms with Crippen molar-refractivity contribution in [3.63, 3.8) is 0 Å². The molecule has 7 heteroatoms. The van der Waals surface area contributed by atoms with E-state index >= 15 is 0 Å². The number of nitrogens with zero attached hydrogens (tertiary/aromatic N) is 2. The molecule has 0 aliphatic rings. The molecule has 1 aromatic carbocycles. The first-order valence-corrected chi connectivity index (χ1v) is 6.26. The fourth-order valence-electron chi connectivity index (χ4n) is 1.83. The van der Waals surface area contributed by atoms with Crippen molar-refractivity contribution >= 4 is 17.3 Å². The van der Waals surface area contributed by atoms with Gasteiger partial charge in [-0.25, -0.2) is 0 Å². The van der Waals surface area contributed by atoms with Gasteiger partial charge in [-0.1, -0.05) is 18.2 Å². The molecule has 0 saturated carbocycles. The van der Waals surface area contributed by atoms with Crippen LogP contribution in [0.3, 0.4) is 0 Å².